The Morgan fingerprint density at radius 1 is 1.04 bits per heavy atom. The van der Waals surface area contributed by atoms with Gasteiger partial charge in [-0.25, -0.2) is 9.69 Å². The molecule has 1 aliphatic carbocycles. The Morgan fingerprint density at radius 2 is 1.75 bits per heavy atom. The fourth-order valence-corrected chi connectivity index (χ4v) is 4.21. The van der Waals surface area contributed by atoms with Gasteiger partial charge in [-0.3, -0.25) is 9.59 Å². The minimum absolute atomic E-state index is 0.150. The van der Waals surface area contributed by atoms with E-state index in [1.807, 2.05) is 0 Å². The van der Waals surface area contributed by atoms with Crippen molar-refractivity contribution in [2.24, 2.45) is 17.8 Å². The van der Waals surface area contributed by atoms with E-state index in [0.29, 0.717) is 22.2 Å². The number of nitrogens with zero attached hydrogens (tertiary/aromatic N) is 1. The van der Waals surface area contributed by atoms with Gasteiger partial charge in [-0.05, 0) is 61.6 Å². The van der Waals surface area contributed by atoms with Crippen molar-refractivity contribution in [3.8, 4) is 5.75 Å². The van der Waals surface area contributed by atoms with E-state index in [4.69, 9.17) is 16.3 Å². The van der Waals surface area contributed by atoms with Crippen molar-refractivity contribution < 1.29 is 19.1 Å². The quantitative estimate of drug-likeness (QED) is 0.435. The van der Waals surface area contributed by atoms with Gasteiger partial charge in [0.1, 0.15) is 5.75 Å². The molecular weight excluding hydrogens is 378 g/mol. The maximum absolute atomic E-state index is 12.9. The van der Waals surface area contributed by atoms with Gasteiger partial charge in [0.15, 0.2) is 0 Å². The lowest BCUT2D eigenvalue weighted by molar-refractivity contribution is -0.122. The molecule has 0 spiro atoms. The van der Waals surface area contributed by atoms with Crippen LogP contribution in [0.5, 0.6) is 5.75 Å². The third-order valence-electron chi connectivity index (χ3n) is 5.55. The van der Waals surface area contributed by atoms with E-state index in [-0.39, 0.29) is 29.4 Å². The summed E-state index contributed by atoms with van der Waals surface area (Å²) in [5.41, 5.74) is 0.807. The number of benzene rings is 2. The van der Waals surface area contributed by atoms with Crippen molar-refractivity contribution in [3.05, 3.63) is 59.1 Å². The van der Waals surface area contributed by atoms with E-state index < -0.39 is 5.97 Å². The topological polar surface area (TPSA) is 63.7 Å². The number of hydrogen-bond donors (Lipinski definition) is 0. The fourth-order valence-electron chi connectivity index (χ4n) is 4.08. The molecule has 1 saturated carbocycles. The Hall–Kier alpha value is -2.66. The normalized spacial score (nSPS) is 24.2. The molecule has 0 N–H and O–H groups in total. The Bertz CT molecular complexity index is 940. The number of amides is 2. The van der Waals surface area contributed by atoms with Crippen LogP contribution in [0.3, 0.4) is 0 Å². The molecular formula is C22H20ClNO4. The molecule has 0 unspecified atom stereocenters. The van der Waals surface area contributed by atoms with Crippen LogP contribution in [0, 0.1) is 17.8 Å². The van der Waals surface area contributed by atoms with Crippen LogP contribution in [0.25, 0.3) is 0 Å². The van der Waals surface area contributed by atoms with Crippen LogP contribution in [-0.4, -0.2) is 17.8 Å². The van der Waals surface area contributed by atoms with Crippen molar-refractivity contribution in [1.29, 1.82) is 0 Å². The molecule has 1 saturated heterocycles. The third kappa shape index (κ3) is 3.42. The molecule has 5 nitrogen and oxygen atoms in total. The number of hydrogen-bond acceptors (Lipinski definition) is 4. The van der Waals surface area contributed by atoms with Crippen molar-refractivity contribution in [2.45, 2.75) is 26.2 Å². The van der Waals surface area contributed by atoms with Crippen LogP contribution in [0.1, 0.15) is 36.5 Å². The van der Waals surface area contributed by atoms with Crippen molar-refractivity contribution in [1.82, 2.24) is 0 Å². The largest absolute Gasteiger partial charge is 0.423 e. The summed E-state index contributed by atoms with van der Waals surface area (Å²) >= 11 is 5.84. The molecule has 2 aromatic rings. The molecule has 1 heterocycles. The first kappa shape index (κ1) is 18.7. The van der Waals surface area contributed by atoms with Gasteiger partial charge in [0, 0.05) is 11.1 Å². The molecule has 0 bridgehead atoms. The molecule has 3 atom stereocenters. The number of imide groups is 1. The molecule has 2 aromatic carbocycles. The highest BCUT2D eigenvalue weighted by Gasteiger charge is 2.50. The van der Waals surface area contributed by atoms with E-state index in [0.717, 1.165) is 19.3 Å². The van der Waals surface area contributed by atoms with E-state index >= 15 is 0 Å². The second kappa shape index (κ2) is 7.40. The summed E-state index contributed by atoms with van der Waals surface area (Å²) in [4.78, 5) is 39.3. The lowest BCUT2D eigenvalue weighted by Crippen LogP contribution is -2.30. The highest BCUT2D eigenvalue weighted by molar-refractivity contribution is 6.30. The van der Waals surface area contributed by atoms with Gasteiger partial charge in [-0.15, -0.1) is 0 Å². The predicted molar refractivity (Wildman–Crippen MR) is 105 cm³/mol. The van der Waals surface area contributed by atoms with E-state index in [9.17, 15) is 14.4 Å². The first-order valence-corrected chi connectivity index (χ1v) is 9.77. The Morgan fingerprint density at radius 3 is 2.50 bits per heavy atom. The number of ether oxygens (including phenoxy) is 1. The van der Waals surface area contributed by atoms with Gasteiger partial charge in [-0.2, -0.15) is 0 Å². The lowest BCUT2D eigenvalue weighted by atomic mass is 9.76. The molecule has 4 rings (SSSR count). The maximum Gasteiger partial charge on any atom is 0.343 e. The minimum atomic E-state index is -0.532. The monoisotopic (exact) mass is 397 g/mol. The summed E-state index contributed by atoms with van der Waals surface area (Å²) in [6.07, 6.45) is 2.46. The van der Waals surface area contributed by atoms with Crippen LogP contribution in [0.2, 0.25) is 5.02 Å². The summed E-state index contributed by atoms with van der Waals surface area (Å²) in [6, 6.07) is 12.9. The van der Waals surface area contributed by atoms with Gasteiger partial charge >= 0.3 is 5.97 Å². The summed E-state index contributed by atoms with van der Waals surface area (Å²) in [6.45, 7) is 2.12. The number of carbonyl (C=O) groups is 3. The van der Waals surface area contributed by atoms with Crippen LogP contribution in [-0.2, 0) is 9.59 Å². The highest BCUT2D eigenvalue weighted by atomic mass is 35.5. The Kier molecular flexibility index (Phi) is 4.94. The molecule has 2 amide bonds. The van der Waals surface area contributed by atoms with Crippen molar-refractivity contribution in [3.63, 3.8) is 0 Å². The SMILES string of the molecule is C[C@@H]1CC[C@@H]2C(=O)N(c3cccc(OC(=O)c4ccc(Cl)cc4)c3)C(=O)[C@H]2C1. The fraction of sp³-hybridized carbons (Fsp3) is 0.318. The molecule has 144 valence electrons. The van der Waals surface area contributed by atoms with Gasteiger partial charge < -0.3 is 4.74 Å². The second-order valence-electron chi connectivity index (χ2n) is 7.54. The Balaban J connectivity index is 1.55. The number of esters is 1. The van der Waals surface area contributed by atoms with Crippen LogP contribution >= 0.6 is 11.6 Å². The molecule has 6 heteroatoms. The van der Waals surface area contributed by atoms with Gasteiger partial charge in [-0.1, -0.05) is 24.6 Å². The molecule has 2 fully saturated rings. The Labute approximate surface area is 168 Å². The zero-order chi connectivity index (χ0) is 19.8. The average molecular weight is 398 g/mol. The van der Waals surface area contributed by atoms with Crippen molar-refractivity contribution in [2.75, 3.05) is 4.90 Å². The molecule has 1 aliphatic heterocycles. The minimum Gasteiger partial charge on any atom is -0.423 e. The summed E-state index contributed by atoms with van der Waals surface area (Å²) in [5, 5.41) is 0.528. The molecule has 0 aromatic heterocycles. The number of carbonyl (C=O) groups excluding carboxylic acids is 3. The lowest BCUT2D eigenvalue weighted by Gasteiger charge is -2.25. The summed E-state index contributed by atoms with van der Waals surface area (Å²) in [5.74, 6) is -0.576. The number of rotatable bonds is 3. The maximum atomic E-state index is 12.9. The van der Waals surface area contributed by atoms with Gasteiger partial charge in [0.25, 0.3) is 0 Å². The van der Waals surface area contributed by atoms with Crippen LogP contribution in [0.15, 0.2) is 48.5 Å². The second-order valence-corrected chi connectivity index (χ2v) is 7.97. The summed E-state index contributed by atoms with van der Waals surface area (Å²) in [7, 11) is 0. The number of fused-ring (bicyclic) bond motifs is 1. The standard InChI is InChI=1S/C22H20ClNO4/c1-13-5-10-18-19(11-13)21(26)24(20(18)25)16-3-2-4-17(12-16)28-22(27)14-6-8-15(23)9-7-14/h2-4,6-9,12-13,18-19H,5,10-11H2,1H3/t13-,18+,19+/m1/s1. The number of anilines is 1. The first-order chi connectivity index (χ1) is 13.4. The zero-order valence-corrected chi connectivity index (χ0v) is 16.2. The smallest absolute Gasteiger partial charge is 0.343 e. The number of halogens is 1. The average Bonchev–Trinajstić information content (AvgIpc) is 2.92. The summed E-state index contributed by atoms with van der Waals surface area (Å²) < 4.78 is 5.42. The molecule has 2 aliphatic rings. The van der Waals surface area contributed by atoms with Gasteiger partial charge in [0.05, 0.1) is 23.1 Å². The van der Waals surface area contributed by atoms with E-state index in [2.05, 4.69) is 6.92 Å². The predicted octanol–water partition coefficient (Wildman–Crippen LogP) is 4.48. The van der Waals surface area contributed by atoms with E-state index in [1.54, 1.807) is 48.5 Å². The van der Waals surface area contributed by atoms with Crippen LogP contribution in [0.4, 0.5) is 5.69 Å². The molecule has 28 heavy (non-hydrogen) atoms. The first-order valence-electron chi connectivity index (χ1n) is 9.39. The van der Waals surface area contributed by atoms with Crippen LogP contribution < -0.4 is 9.64 Å². The third-order valence-corrected chi connectivity index (χ3v) is 5.81. The van der Waals surface area contributed by atoms with Gasteiger partial charge in [0.2, 0.25) is 11.8 Å². The zero-order valence-electron chi connectivity index (χ0n) is 15.4. The molecule has 0 radical (unpaired) electrons. The highest BCUT2D eigenvalue weighted by Crippen LogP contribution is 2.42. The van der Waals surface area contributed by atoms with Crippen molar-refractivity contribution >= 4 is 35.1 Å². The van der Waals surface area contributed by atoms with E-state index in [1.165, 1.54) is 4.90 Å².